The minimum Gasteiger partial charge on any atom is -0.305 e. The monoisotopic (exact) mass is 295 g/mol. The van der Waals surface area contributed by atoms with Gasteiger partial charge in [-0.3, -0.25) is 9.78 Å². The average Bonchev–Trinajstić information content (AvgIpc) is 2.91. The Bertz CT molecular complexity index is 754. The first kappa shape index (κ1) is 13.5. The minimum absolute atomic E-state index is 0.168. The number of anilines is 1. The molecular formula is C16H13N3OS. The summed E-state index contributed by atoms with van der Waals surface area (Å²) in [6.07, 6.45) is 4.64. The highest BCUT2D eigenvalue weighted by Crippen LogP contribution is 2.32. The summed E-state index contributed by atoms with van der Waals surface area (Å²) in [7, 11) is 0. The number of thiophene rings is 1. The van der Waals surface area contributed by atoms with Crippen LogP contribution in [0, 0.1) is 6.92 Å². The molecule has 0 aliphatic carbocycles. The maximum atomic E-state index is 12.4. The zero-order chi connectivity index (χ0) is 14.7. The Morgan fingerprint density at radius 2 is 2.00 bits per heavy atom. The van der Waals surface area contributed by atoms with E-state index in [9.17, 15) is 4.79 Å². The number of aromatic nitrogens is 2. The molecule has 0 unspecified atom stereocenters. The van der Waals surface area contributed by atoms with Gasteiger partial charge in [-0.25, -0.2) is 4.98 Å². The van der Waals surface area contributed by atoms with Gasteiger partial charge in [0.15, 0.2) is 5.82 Å². The van der Waals surface area contributed by atoms with E-state index in [1.807, 2.05) is 42.6 Å². The van der Waals surface area contributed by atoms with Gasteiger partial charge in [0.25, 0.3) is 5.91 Å². The van der Waals surface area contributed by atoms with Crippen molar-refractivity contribution in [1.82, 2.24) is 9.97 Å². The van der Waals surface area contributed by atoms with Gasteiger partial charge < -0.3 is 5.32 Å². The number of benzene rings is 1. The van der Waals surface area contributed by atoms with Gasteiger partial charge in [-0.1, -0.05) is 30.3 Å². The van der Waals surface area contributed by atoms with Crippen molar-refractivity contribution in [3.8, 4) is 11.1 Å². The summed E-state index contributed by atoms with van der Waals surface area (Å²) < 4.78 is 0. The third-order valence-electron chi connectivity index (χ3n) is 3.09. The lowest BCUT2D eigenvalue weighted by molar-refractivity contribution is 0.102. The third-order valence-corrected chi connectivity index (χ3v) is 4.00. The maximum Gasteiger partial charge on any atom is 0.258 e. The molecule has 1 amide bonds. The molecule has 104 valence electrons. The Balaban J connectivity index is 1.95. The highest BCUT2D eigenvalue weighted by atomic mass is 32.1. The number of carbonyl (C=O) groups is 1. The van der Waals surface area contributed by atoms with Crippen LogP contribution >= 0.6 is 11.3 Å². The number of rotatable bonds is 3. The second kappa shape index (κ2) is 5.85. The zero-order valence-electron chi connectivity index (χ0n) is 11.4. The normalized spacial score (nSPS) is 10.3. The molecule has 0 fully saturated rings. The van der Waals surface area contributed by atoms with Crippen molar-refractivity contribution in [3.05, 3.63) is 64.7 Å². The first-order valence-corrected chi connectivity index (χ1v) is 7.34. The quantitative estimate of drug-likeness (QED) is 0.800. The fraction of sp³-hybridized carbons (Fsp3) is 0.0625. The van der Waals surface area contributed by atoms with Gasteiger partial charge in [-0.15, -0.1) is 11.3 Å². The van der Waals surface area contributed by atoms with Crippen LogP contribution in [-0.4, -0.2) is 15.9 Å². The number of nitrogens with zero attached hydrogens (tertiary/aromatic N) is 2. The van der Waals surface area contributed by atoms with Gasteiger partial charge in [0.05, 0.1) is 11.8 Å². The van der Waals surface area contributed by atoms with E-state index in [1.165, 1.54) is 6.20 Å². The predicted octanol–water partition coefficient (Wildman–Crippen LogP) is 3.77. The van der Waals surface area contributed by atoms with E-state index in [-0.39, 0.29) is 5.91 Å². The molecule has 1 aromatic carbocycles. The van der Waals surface area contributed by atoms with Crippen molar-refractivity contribution < 1.29 is 4.79 Å². The number of amides is 1. The van der Waals surface area contributed by atoms with Gasteiger partial charge >= 0.3 is 0 Å². The second-order valence-corrected chi connectivity index (χ2v) is 5.58. The summed E-state index contributed by atoms with van der Waals surface area (Å²) in [6.45, 7) is 2.02. The molecule has 4 nitrogen and oxygen atoms in total. The van der Waals surface area contributed by atoms with Crippen LogP contribution in [0.3, 0.4) is 0 Å². The van der Waals surface area contributed by atoms with Crippen LogP contribution in [0.2, 0.25) is 0 Å². The number of nitrogens with one attached hydrogen (secondary N) is 1. The van der Waals surface area contributed by atoms with Crippen molar-refractivity contribution in [2.45, 2.75) is 6.92 Å². The maximum absolute atomic E-state index is 12.4. The molecule has 0 bridgehead atoms. The molecule has 21 heavy (non-hydrogen) atoms. The minimum atomic E-state index is -0.168. The molecule has 2 aromatic heterocycles. The molecule has 0 aliphatic rings. The van der Waals surface area contributed by atoms with Crippen LogP contribution in [0.15, 0.2) is 54.3 Å². The lowest BCUT2D eigenvalue weighted by atomic mass is 10.0. The summed E-state index contributed by atoms with van der Waals surface area (Å²) in [5.74, 6) is 0.282. The highest BCUT2D eigenvalue weighted by Gasteiger charge is 2.17. The van der Waals surface area contributed by atoms with E-state index in [2.05, 4.69) is 15.3 Å². The molecule has 3 rings (SSSR count). The topological polar surface area (TPSA) is 54.9 Å². The Morgan fingerprint density at radius 1 is 1.19 bits per heavy atom. The standard InChI is InChI=1S/C16H13N3OS/c1-11-15(12-5-3-2-4-6-12)13(10-21-11)16(20)19-14-9-17-7-8-18-14/h2-10H,1H3,(H,18,19,20). The molecule has 1 N–H and O–H groups in total. The number of hydrogen-bond donors (Lipinski definition) is 1. The fourth-order valence-electron chi connectivity index (χ4n) is 2.13. The van der Waals surface area contributed by atoms with Gasteiger partial charge in [-0.05, 0) is 12.5 Å². The summed E-state index contributed by atoms with van der Waals surface area (Å²) in [5.41, 5.74) is 2.68. The highest BCUT2D eigenvalue weighted by molar-refractivity contribution is 7.10. The van der Waals surface area contributed by atoms with Crippen LogP contribution in [0.4, 0.5) is 5.82 Å². The van der Waals surface area contributed by atoms with Crippen molar-refractivity contribution >= 4 is 23.1 Å². The molecule has 0 saturated carbocycles. The largest absolute Gasteiger partial charge is 0.305 e. The van der Waals surface area contributed by atoms with Crippen molar-refractivity contribution in [1.29, 1.82) is 0 Å². The first-order chi connectivity index (χ1) is 10.3. The number of hydrogen-bond acceptors (Lipinski definition) is 4. The lowest BCUT2D eigenvalue weighted by Gasteiger charge is -2.07. The van der Waals surface area contributed by atoms with E-state index >= 15 is 0 Å². The van der Waals surface area contributed by atoms with Gasteiger partial charge in [0.1, 0.15) is 0 Å². The van der Waals surface area contributed by atoms with Gasteiger partial charge in [-0.2, -0.15) is 0 Å². The van der Waals surface area contributed by atoms with E-state index in [4.69, 9.17) is 0 Å². The van der Waals surface area contributed by atoms with Crippen LogP contribution in [-0.2, 0) is 0 Å². The van der Waals surface area contributed by atoms with Crippen LogP contribution in [0.1, 0.15) is 15.2 Å². The molecule has 0 spiro atoms. The molecule has 2 heterocycles. The lowest BCUT2D eigenvalue weighted by Crippen LogP contribution is -2.13. The van der Waals surface area contributed by atoms with E-state index in [1.54, 1.807) is 23.7 Å². The molecule has 0 aliphatic heterocycles. The summed E-state index contributed by atoms with van der Waals surface area (Å²) in [4.78, 5) is 21.6. The van der Waals surface area contributed by atoms with Crippen LogP contribution < -0.4 is 5.32 Å². The molecule has 0 radical (unpaired) electrons. The Morgan fingerprint density at radius 3 is 2.71 bits per heavy atom. The van der Waals surface area contributed by atoms with E-state index in [0.717, 1.165) is 16.0 Å². The van der Waals surface area contributed by atoms with Crippen LogP contribution in [0.5, 0.6) is 0 Å². The van der Waals surface area contributed by atoms with Crippen LogP contribution in [0.25, 0.3) is 11.1 Å². The SMILES string of the molecule is Cc1scc(C(=O)Nc2cnccn2)c1-c1ccccc1. The summed E-state index contributed by atoms with van der Waals surface area (Å²) in [6, 6.07) is 9.92. The first-order valence-electron chi connectivity index (χ1n) is 6.46. The summed E-state index contributed by atoms with van der Waals surface area (Å²) >= 11 is 1.57. The van der Waals surface area contributed by atoms with Crippen molar-refractivity contribution in [2.75, 3.05) is 5.32 Å². The zero-order valence-corrected chi connectivity index (χ0v) is 12.2. The number of carbonyl (C=O) groups excluding carboxylic acids is 1. The Labute approximate surface area is 126 Å². The Hall–Kier alpha value is -2.53. The average molecular weight is 295 g/mol. The third kappa shape index (κ3) is 2.83. The van der Waals surface area contributed by atoms with E-state index in [0.29, 0.717) is 11.4 Å². The van der Waals surface area contributed by atoms with Gasteiger partial charge in [0.2, 0.25) is 0 Å². The molecule has 3 aromatic rings. The number of aryl methyl sites for hydroxylation is 1. The molecule has 0 atom stereocenters. The van der Waals surface area contributed by atoms with Crippen molar-refractivity contribution in [2.24, 2.45) is 0 Å². The fourth-order valence-corrected chi connectivity index (χ4v) is 3.00. The van der Waals surface area contributed by atoms with Crippen molar-refractivity contribution in [3.63, 3.8) is 0 Å². The molecule has 0 saturated heterocycles. The smallest absolute Gasteiger partial charge is 0.258 e. The summed E-state index contributed by atoms with van der Waals surface area (Å²) in [5, 5.41) is 4.65. The Kier molecular flexibility index (Phi) is 3.75. The molecular weight excluding hydrogens is 282 g/mol. The molecule has 5 heteroatoms. The van der Waals surface area contributed by atoms with E-state index < -0.39 is 0 Å². The second-order valence-electron chi connectivity index (χ2n) is 4.49. The predicted molar refractivity (Wildman–Crippen MR) is 84.5 cm³/mol. The van der Waals surface area contributed by atoms with Gasteiger partial charge in [0, 0.05) is 28.2 Å².